The molecule has 1 amide bonds. The van der Waals surface area contributed by atoms with Gasteiger partial charge in [0.15, 0.2) is 0 Å². The smallest absolute Gasteiger partial charge is 0.223 e. The first-order valence-corrected chi connectivity index (χ1v) is 6.89. The van der Waals surface area contributed by atoms with E-state index >= 15 is 0 Å². The Morgan fingerprint density at radius 2 is 2.16 bits per heavy atom. The standard InChI is InChI=1S/C15H22N2O2/c1-19-13-8-6-12(7-9-13)14-4-3-11-17(14)15(18)5-2-10-16/h6-9,14H,2-5,10-11,16H2,1H3. The molecule has 4 heteroatoms. The fourth-order valence-electron chi connectivity index (χ4n) is 2.63. The molecule has 2 N–H and O–H groups in total. The largest absolute Gasteiger partial charge is 0.497 e. The lowest BCUT2D eigenvalue weighted by Crippen LogP contribution is -2.30. The SMILES string of the molecule is COc1ccc(C2CCCN2C(=O)CCCN)cc1. The minimum atomic E-state index is 0.219. The predicted molar refractivity (Wildman–Crippen MR) is 75.0 cm³/mol. The molecule has 0 bridgehead atoms. The Bertz CT molecular complexity index is 417. The van der Waals surface area contributed by atoms with Crippen LogP contribution in [0, 0.1) is 0 Å². The second-order valence-corrected chi connectivity index (χ2v) is 4.91. The van der Waals surface area contributed by atoms with E-state index in [4.69, 9.17) is 10.5 Å². The van der Waals surface area contributed by atoms with Gasteiger partial charge in [-0.05, 0) is 43.5 Å². The van der Waals surface area contributed by atoms with Gasteiger partial charge >= 0.3 is 0 Å². The molecule has 1 heterocycles. The van der Waals surface area contributed by atoms with Crippen LogP contribution in [0.3, 0.4) is 0 Å². The Labute approximate surface area is 114 Å². The third-order valence-electron chi connectivity index (χ3n) is 3.67. The minimum absolute atomic E-state index is 0.219. The summed E-state index contributed by atoms with van der Waals surface area (Å²) in [5.74, 6) is 1.08. The number of benzene rings is 1. The third-order valence-corrected chi connectivity index (χ3v) is 3.67. The Morgan fingerprint density at radius 1 is 1.42 bits per heavy atom. The first kappa shape index (κ1) is 13.9. The average molecular weight is 262 g/mol. The van der Waals surface area contributed by atoms with Crippen LogP contribution in [0.25, 0.3) is 0 Å². The normalized spacial score (nSPS) is 18.6. The molecule has 1 unspecified atom stereocenters. The second-order valence-electron chi connectivity index (χ2n) is 4.91. The first-order valence-electron chi connectivity index (χ1n) is 6.89. The van der Waals surface area contributed by atoms with Crippen LogP contribution in [0.4, 0.5) is 0 Å². The molecule has 1 fully saturated rings. The Kier molecular flexibility index (Phi) is 4.80. The molecule has 1 aliphatic heterocycles. The van der Waals surface area contributed by atoms with Crippen LogP contribution in [-0.4, -0.2) is 31.0 Å². The van der Waals surface area contributed by atoms with Crippen molar-refractivity contribution in [1.82, 2.24) is 4.90 Å². The van der Waals surface area contributed by atoms with Crippen molar-refractivity contribution in [2.75, 3.05) is 20.2 Å². The molecule has 0 aliphatic carbocycles. The van der Waals surface area contributed by atoms with Gasteiger partial charge in [-0.1, -0.05) is 12.1 Å². The number of rotatable bonds is 5. The van der Waals surface area contributed by atoms with E-state index in [9.17, 15) is 4.79 Å². The highest BCUT2D eigenvalue weighted by Crippen LogP contribution is 2.33. The molecule has 0 spiro atoms. The minimum Gasteiger partial charge on any atom is -0.497 e. The topological polar surface area (TPSA) is 55.6 Å². The van der Waals surface area contributed by atoms with Crippen molar-refractivity contribution >= 4 is 5.91 Å². The van der Waals surface area contributed by atoms with Gasteiger partial charge < -0.3 is 15.4 Å². The van der Waals surface area contributed by atoms with E-state index in [2.05, 4.69) is 12.1 Å². The monoisotopic (exact) mass is 262 g/mol. The van der Waals surface area contributed by atoms with Crippen molar-refractivity contribution in [3.8, 4) is 5.75 Å². The lowest BCUT2D eigenvalue weighted by atomic mass is 10.0. The summed E-state index contributed by atoms with van der Waals surface area (Å²) in [6.07, 6.45) is 3.44. The van der Waals surface area contributed by atoms with Crippen LogP contribution in [0.2, 0.25) is 0 Å². The highest BCUT2D eigenvalue weighted by atomic mass is 16.5. The first-order chi connectivity index (χ1) is 9.26. The summed E-state index contributed by atoms with van der Waals surface area (Å²) in [5.41, 5.74) is 6.66. The van der Waals surface area contributed by atoms with Gasteiger partial charge in [0.2, 0.25) is 5.91 Å². The van der Waals surface area contributed by atoms with Gasteiger partial charge in [-0.2, -0.15) is 0 Å². The van der Waals surface area contributed by atoms with Gasteiger partial charge in [0.25, 0.3) is 0 Å². The lowest BCUT2D eigenvalue weighted by molar-refractivity contribution is -0.132. The third kappa shape index (κ3) is 3.26. The number of methoxy groups -OCH3 is 1. The average Bonchev–Trinajstić information content (AvgIpc) is 2.94. The summed E-state index contributed by atoms with van der Waals surface area (Å²) in [4.78, 5) is 14.2. The van der Waals surface area contributed by atoms with E-state index in [0.29, 0.717) is 13.0 Å². The maximum atomic E-state index is 12.2. The summed E-state index contributed by atoms with van der Waals surface area (Å²) < 4.78 is 5.16. The van der Waals surface area contributed by atoms with Crippen molar-refractivity contribution in [1.29, 1.82) is 0 Å². The van der Waals surface area contributed by atoms with Gasteiger partial charge in [0, 0.05) is 13.0 Å². The van der Waals surface area contributed by atoms with Crippen molar-refractivity contribution in [3.63, 3.8) is 0 Å². The zero-order chi connectivity index (χ0) is 13.7. The highest BCUT2D eigenvalue weighted by Gasteiger charge is 2.29. The van der Waals surface area contributed by atoms with Gasteiger partial charge in [-0.15, -0.1) is 0 Å². The molecule has 1 aliphatic rings. The molecule has 19 heavy (non-hydrogen) atoms. The number of hydrogen-bond donors (Lipinski definition) is 1. The number of nitrogens with zero attached hydrogens (tertiary/aromatic N) is 1. The quantitative estimate of drug-likeness (QED) is 0.884. The van der Waals surface area contributed by atoms with Crippen molar-refractivity contribution in [2.24, 2.45) is 5.73 Å². The number of carbonyl (C=O) groups is 1. The molecule has 1 atom stereocenters. The number of nitrogens with two attached hydrogens (primary N) is 1. The van der Waals surface area contributed by atoms with E-state index < -0.39 is 0 Å². The molecule has 2 rings (SSSR count). The Morgan fingerprint density at radius 3 is 2.79 bits per heavy atom. The van der Waals surface area contributed by atoms with Crippen LogP contribution in [0.15, 0.2) is 24.3 Å². The van der Waals surface area contributed by atoms with E-state index in [1.807, 2.05) is 17.0 Å². The van der Waals surface area contributed by atoms with Gasteiger partial charge in [-0.25, -0.2) is 0 Å². The van der Waals surface area contributed by atoms with E-state index in [0.717, 1.165) is 31.6 Å². The molecular weight excluding hydrogens is 240 g/mol. The van der Waals surface area contributed by atoms with E-state index in [-0.39, 0.29) is 11.9 Å². The molecule has 0 aromatic heterocycles. The van der Waals surface area contributed by atoms with Crippen LogP contribution in [0.5, 0.6) is 5.75 Å². The summed E-state index contributed by atoms with van der Waals surface area (Å²) in [7, 11) is 1.66. The van der Waals surface area contributed by atoms with E-state index in [1.54, 1.807) is 7.11 Å². The zero-order valence-corrected chi connectivity index (χ0v) is 11.5. The van der Waals surface area contributed by atoms with Crippen LogP contribution in [0.1, 0.15) is 37.3 Å². The molecule has 104 valence electrons. The van der Waals surface area contributed by atoms with Crippen LogP contribution >= 0.6 is 0 Å². The Balaban J connectivity index is 2.06. The fourth-order valence-corrected chi connectivity index (χ4v) is 2.63. The van der Waals surface area contributed by atoms with Crippen molar-refractivity contribution < 1.29 is 9.53 Å². The summed E-state index contributed by atoms with van der Waals surface area (Å²) >= 11 is 0. The number of likely N-dealkylation sites (tertiary alicyclic amines) is 1. The second kappa shape index (κ2) is 6.57. The molecule has 1 aromatic rings. The fraction of sp³-hybridized carbons (Fsp3) is 0.533. The zero-order valence-electron chi connectivity index (χ0n) is 11.5. The van der Waals surface area contributed by atoms with Gasteiger partial charge in [0.05, 0.1) is 13.2 Å². The summed E-state index contributed by atoms with van der Waals surface area (Å²) in [5, 5.41) is 0. The van der Waals surface area contributed by atoms with E-state index in [1.165, 1.54) is 5.56 Å². The van der Waals surface area contributed by atoms with Crippen molar-refractivity contribution in [2.45, 2.75) is 31.7 Å². The number of amides is 1. The van der Waals surface area contributed by atoms with Crippen LogP contribution in [-0.2, 0) is 4.79 Å². The predicted octanol–water partition coefficient (Wildman–Crippen LogP) is 2.10. The van der Waals surface area contributed by atoms with Gasteiger partial charge in [-0.3, -0.25) is 4.79 Å². The highest BCUT2D eigenvalue weighted by molar-refractivity contribution is 5.77. The molecule has 1 aromatic carbocycles. The van der Waals surface area contributed by atoms with Crippen molar-refractivity contribution in [3.05, 3.63) is 29.8 Å². The summed E-state index contributed by atoms with van der Waals surface area (Å²) in [6.45, 7) is 1.44. The molecular formula is C15H22N2O2. The number of hydrogen-bond acceptors (Lipinski definition) is 3. The lowest BCUT2D eigenvalue weighted by Gasteiger charge is -2.25. The number of ether oxygens (including phenoxy) is 1. The molecule has 4 nitrogen and oxygen atoms in total. The molecule has 1 saturated heterocycles. The molecule has 0 radical (unpaired) electrons. The summed E-state index contributed by atoms with van der Waals surface area (Å²) in [6, 6.07) is 8.24. The Hall–Kier alpha value is -1.55. The van der Waals surface area contributed by atoms with Gasteiger partial charge in [0.1, 0.15) is 5.75 Å². The van der Waals surface area contributed by atoms with Crippen LogP contribution < -0.4 is 10.5 Å². The maximum Gasteiger partial charge on any atom is 0.223 e. The maximum absolute atomic E-state index is 12.2. The molecule has 0 saturated carbocycles. The number of carbonyl (C=O) groups excluding carboxylic acids is 1.